The third kappa shape index (κ3) is 2.75. The van der Waals surface area contributed by atoms with Crippen LogP contribution in [0.25, 0.3) is 0 Å². The molecule has 0 saturated heterocycles. The van der Waals surface area contributed by atoms with E-state index in [1.165, 1.54) is 26.0 Å². The molecular weight excluding hydrogens is 336 g/mol. The van der Waals surface area contributed by atoms with Crippen molar-refractivity contribution in [1.29, 1.82) is 0 Å². The second kappa shape index (κ2) is 5.59. The maximum absolute atomic E-state index is 12.5. The van der Waals surface area contributed by atoms with Crippen LogP contribution in [-0.2, 0) is 14.8 Å². The molecule has 24 heavy (non-hydrogen) atoms. The van der Waals surface area contributed by atoms with Gasteiger partial charge in [-0.2, -0.15) is 0 Å². The van der Waals surface area contributed by atoms with Gasteiger partial charge in [0.2, 0.25) is 0 Å². The molecule has 0 aromatic heterocycles. The Kier molecular flexibility index (Phi) is 4.17. The van der Waals surface area contributed by atoms with Crippen molar-refractivity contribution in [3.63, 3.8) is 0 Å². The van der Waals surface area contributed by atoms with Gasteiger partial charge in [0.05, 0.1) is 5.56 Å². The molecule has 1 aromatic rings. The maximum Gasteiger partial charge on any atom is 0.328 e. The Hall–Kier alpha value is -2.42. The summed E-state index contributed by atoms with van der Waals surface area (Å²) in [6.45, 7) is 5.76. The number of hydrogen-bond donors (Lipinski definition) is 2. The summed E-state index contributed by atoms with van der Waals surface area (Å²) in [5.74, 6) is -2.61. The van der Waals surface area contributed by atoms with Crippen LogP contribution in [0.5, 0.6) is 0 Å². The molecule has 2 amide bonds. The van der Waals surface area contributed by atoms with E-state index < -0.39 is 39.4 Å². The lowest BCUT2D eigenvalue weighted by atomic mass is 10.0. The molecule has 0 spiro atoms. The number of amides is 2. The molecule has 1 aliphatic rings. The van der Waals surface area contributed by atoms with Crippen LogP contribution in [0.2, 0.25) is 0 Å². The van der Waals surface area contributed by atoms with Gasteiger partial charge >= 0.3 is 5.97 Å². The topological polar surface area (TPSA) is 121 Å². The van der Waals surface area contributed by atoms with Gasteiger partial charge in [-0.1, -0.05) is 0 Å². The van der Waals surface area contributed by atoms with Gasteiger partial charge in [0.1, 0.15) is 10.4 Å². The van der Waals surface area contributed by atoms with Crippen molar-refractivity contribution in [3.05, 3.63) is 29.3 Å². The third-order valence-corrected chi connectivity index (χ3v) is 5.64. The Morgan fingerprint density at radius 2 is 1.83 bits per heavy atom. The Bertz CT molecular complexity index is 842. The molecule has 2 N–H and O–H groups in total. The van der Waals surface area contributed by atoms with E-state index in [2.05, 4.69) is 5.32 Å². The van der Waals surface area contributed by atoms with Crippen molar-refractivity contribution >= 4 is 27.8 Å². The van der Waals surface area contributed by atoms with Crippen molar-refractivity contribution in [1.82, 2.24) is 9.62 Å². The highest BCUT2D eigenvalue weighted by Gasteiger charge is 2.43. The van der Waals surface area contributed by atoms with Gasteiger partial charge in [0.25, 0.3) is 21.8 Å². The van der Waals surface area contributed by atoms with Gasteiger partial charge in [0, 0.05) is 11.6 Å². The van der Waals surface area contributed by atoms with Crippen LogP contribution >= 0.6 is 0 Å². The predicted molar refractivity (Wildman–Crippen MR) is 84.1 cm³/mol. The number of carboxylic acids is 1. The first-order chi connectivity index (χ1) is 10.9. The smallest absolute Gasteiger partial charge is 0.328 e. The lowest BCUT2D eigenvalue weighted by Crippen LogP contribution is -2.49. The summed E-state index contributed by atoms with van der Waals surface area (Å²) < 4.78 is 25.7. The average Bonchev–Trinajstić information content (AvgIpc) is 2.64. The van der Waals surface area contributed by atoms with Gasteiger partial charge in [-0.05, 0) is 45.9 Å². The lowest BCUT2D eigenvalue weighted by molar-refractivity contribution is -0.143. The number of carbonyl (C=O) groups excluding carboxylic acids is 2. The lowest BCUT2D eigenvalue weighted by Gasteiger charge is -2.21. The van der Waals surface area contributed by atoms with E-state index in [9.17, 15) is 22.8 Å². The van der Waals surface area contributed by atoms with Gasteiger partial charge in [-0.25, -0.2) is 17.5 Å². The van der Waals surface area contributed by atoms with E-state index in [-0.39, 0.29) is 16.0 Å². The normalized spacial score (nSPS) is 16.2. The van der Waals surface area contributed by atoms with Crippen LogP contribution in [-0.4, -0.2) is 47.2 Å². The van der Waals surface area contributed by atoms with Crippen molar-refractivity contribution < 1.29 is 27.9 Å². The quantitative estimate of drug-likeness (QED) is 0.826. The number of nitrogens with one attached hydrogen (secondary N) is 1. The number of rotatable bonds is 4. The Labute approximate surface area is 139 Å². The van der Waals surface area contributed by atoms with E-state index >= 15 is 0 Å². The third-order valence-electron chi connectivity index (χ3n) is 3.64. The fourth-order valence-corrected chi connectivity index (χ4v) is 4.10. The van der Waals surface area contributed by atoms with Crippen LogP contribution in [0, 0.1) is 0 Å². The number of aliphatic carboxylic acids is 1. The minimum Gasteiger partial charge on any atom is -0.480 e. The molecule has 9 heteroatoms. The molecule has 0 saturated carbocycles. The van der Waals surface area contributed by atoms with Crippen molar-refractivity contribution in [3.8, 4) is 0 Å². The van der Waals surface area contributed by atoms with Gasteiger partial charge in [-0.3, -0.25) is 9.59 Å². The molecule has 1 heterocycles. The Balaban J connectivity index is 2.45. The first kappa shape index (κ1) is 17.9. The Morgan fingerprint density at radius 3 is 2.33 bits per heavy atom. The number of hydrogen-bond acceptors (Lipinski definition) is 5. The fourth-order valence-electron chi connectivity index (χ4n) is 2.31. The molecule has 0 bridgehead atoms. The summed E-state index contributed by atoms with van der Waals surface area (Å²) in [6.07, 6.45) is 0. The molecule has 0 radical (unpaired) electrons. The van der Waals surface area contributed by atoms with Crippen molar-refractivity contribution in [2.45, 2.75) is 44.2 Å². The number of carboxylic acid groups (broad SMARTS) is 1. The van der Waals surface area contributed by atoms with E-state index in [1.807, 2.05) is 0 Å². The van der Waals surface area contributed by atoms with Crippen LogP contribution in [0.15, 0.2) is 23.1 Å². The minimum absolute atomic E-state index is 0.00209. The molecule has 0 fully saturated rings. The summed E-state index contributed by atoms with van der Waals surface area (Å²) in [4.78, 5) is 35.3. The SMILES string of the molecule is CC(C)N1C(=O)c2ccc(C(=O)NC(C)(C)C(=O)O)cc2S1(=O)=O. The second-order valence-electron chi connectivity index (χ2n) is 6.29. The van der Waals surface area contributed by atoms with E-state index in [1.54, 1.807) is 13.8 Å². The standard InChI is InChI=1S/C15H18N2O6S/c1-8(2)17-13(19)10-6-5-9(7-11(10)24(17,22)23)12(18)16-15(3,4)14(20)21/h5-8H,1-4H3,(H,16,18)(H,20,21). The largest absolute Gasteiger partial charge is 0.480 e. The number of nitrogens with zero attached hydrogens (tertiary/aromatic N) is 1. The molecule has 1 aromatic carbocycles. The highest BCUT2D eigenvalue weighted by molar-refractivity contribution is 7.90. The highest BCUT2D eigenvalue weighted by atomic mass is 32.2. The molecular formula is C15H18N2O6S. The molecule has 2 rings (SSSR count). The van der Waals surface area contributed by atoms with Gasteiger partial charge < -0.3 is 10.4 Å². The second-order valence-corrected chi connectivity index (χ2v) is 8.08. The van der Waals surface area contributed by atoms with Crippen LogP contribution in [0.4, 0.5) is 0 Å². The summed E-state index contributed by atoms with van der Waals surface area (Å²) in [5, 5.41) is 11.3. The predicted octanol–water partition coefficient (Wildman–Crippen LogP) is 0.833. The first-order valence-corrected chi connectivity index (χ1v) is 8.62. The summed E-state index contributed by atoms with van der Waals surface area (Å²) >= 11 is 0. The van der Waals surface area contributed by atoms with Crippen LogP contribution < -0.4 is 5.32 Å². The zero-order chi connectivity index (χ0) is 18.4. The monoisotopic (exact) mass is 354 g/mol. The maximum atomic E-state index is 12.5. The summed E-state index contributed by atoms with van der Waals surface area (Å²) in [6, 6.07) is 3.10. The van der Waals surface area contributed by atoms with Crippen molar-refractivity contribution in [2.24, 2.45) is 0 Å². The molecule has 0 unspecified atom stereocenters. The molecule has 8 nitrogen and oxygen atoms in total. The highest BCUT2D eigenvalue weighted by Crippen LogP contribution is 2.32. The number of sulfonamides is 1. The minimum atomic E-state index is -4.02. The zero-order valence-corrected chi connectivity index (χ0v) is 14.5. The fraction of sp³-hybridized carbons (Fsp3) is 0.400. The van der Waals surface area contributed by atoms with Crippen molar-refractivity contribution in [2.75, 3.05) is 0 Å². The number of fused-ring (bicyclic) bond motifs is 1. The number of carbonyl (C=O) groups is 3. The van der Waals surface area contributed by atoms with Gasteiger partial charge in [0.15, 0.2) is 0 Å². The summed E-state index contributed by atoms with van der Waals surface area (Å²) in [5.41, 5.74) is -1.56. The molecule has 0 atom stereocenters. The van der Waals surface area contributed by atoms with Crippen LogP contribution in [0.3, 0.4) is 0 Å². The summed E-state index contributed by atoms with van der Waals surface area (Å²) in [7, 11) is -4.02. The van der Waals surface area contributed by atoms with E-state index in [0.717, 1.165) is 10.4 Å². The molecule has 1 aliphatic heterocycles. The number of benzene rings is 1. The van der Waals surface area contributed by atoms with Gasteiger partial charge in [-0.15, -0.1) is 0 Å². The Morgan fingerprint density at radius 1 is 1.25 bits per heavy atom. The van der Waals surface area contributed by atoms with E-state index in [4.69, 9.17) is 5.11 Å². The zero-order valence-electron chi connectivity index (χ0n) is 13.7. The molecule has 130 valence electrons. The average molecular weight is 354 g/mol. The molecule has 0 aliphatic carbocycles. The van der Waals surface area contributed by atoms with Crippen LogP contribution in [0.1, 0.15) is 48.4 Å². The first-order valence-electron chi connectivity index (χ1n) is 7.18. The van der Waals surface area contributed by atoms with E-state index in [0.29, 0.717) is 0 Å².